The number of amides is 1. The molecule has 1 aliphatic carbocycles. The number of nitrogens with zero attached hydrogens (tertiary/aromatic N) is 2. The van der Waals surface area contributed by atoms with Gasteiger partial charge in [0.25, 0.3) is 0 Å². The fourth-order valence-electron chi connectivity index (χ4n) is 3.03. The van der Waals surface area contributed by atoms with Crippen LogP contribution in [0.2, 0.25) is 5.02 Å². The van der Waals surface area contributed by atoms with Crippen molar-refractivity contribution >= 4 is 40.4 Å². The van der Waals surface area contributed by atoms with E-state index in [-0.39, 0.29) is 17.7 Å². The fourth-order valence-corrected chi connectivity index (χ4v) is 3.15. The molecule has 2 aromatic carbocycles. The lowest BCUT2D eigenvalue weighted by molar-refractivity contribution is -0.120. The quantitative estimate of drug-likeness (QED) is 0.831. The standard InChI is InChI=1S/C20H18ClN3O/c1-12-18(13-8-10-15(21)11-9-13)19(24-20(25)14-6-7-14)23-17-5-3-2-4-16(17)22-12/h2-5,8-11,14,18H,6-7H2,1H3,(H,23,24,25). The van der Waals surface area contributed by atoms with Crippen LogP contribution in [0.25, 0.3) is 0 Å². The average molecular weight is 352 g/mol. The summed E-state index contributed by atoms with van der Waals surface area (Å²) in [4.78, 5) is 21.9. The Morgan fingerprint density at radius 3 is 2.32 bits per heavy atom. The highest BCUT2D eigenvalue weighted by molar-refractivity contribution is 6.30. The lowest BCUT2D eigenvalue weighted by Gasteiger charge is -2.19. The van der Waals surface area contributed by atoms with Crippen LogP contribution in [0.4, 0.5) is 11.4 Å². The molecule has 4 nitrogen and oxygen atoms in total. The summed E-state index contributed by atoms with van der Waals surface area (Å²) in [5, 5.41) is 3.73. The number of benzene rings is 2. The summed E-state index contributed by atoms with van der Waals surface area (Å²) in [6, 6.07) is 15.3. The number of fused-ring (bicyclic) bond motifs is 1. The van der Waals surface area contributed by atoms with Gasteiger partial charge in [0.2, 0.25) is 5.91 Å². The van der Waals surface area contributed by atoms with Gasteiger partial charge in [-0.25, -0.2) is 4.99 Å². The molecule has 1 heterocycles. The number of hydrogen-bond acceptors (Lipinski definition) is 3. The summed E-state index contributed by atoms with van der Waals surface area (Å²) in [5.41, 5.74) is 3.48. The third-order valence-corrected chi connectivity index (χ3v) is 4.77. The molecule has 5 heteroatoms. The lowest BCUT2D eigenvalue weighted by atomic mass is 9.93. The second kappa shape index (κ2) is 6.45. The largest absolute Gasteiger partial charge is 0.313 e. The molecule has 0 bridgehead atoms. The first kappa shape index (κ1) is 16.0. The second-order valence-corrected chi connectivity index (χ2v) is 6.92. The first-order valence-corrected chi connectivity index (χ1v) is 8.79. The van der Waals surface area contributed by atoms with Crippen LogP contribution in [0.3, 0.4) is 0 Å². The number of rotatable bonds is 2. The number of aliphatic imine (C=N–C) groups is 2. The van der Waals surface area contributed by atoms with Crippen LogP contribution >= 0.6 is 11.6 Å². The highest BCUT2D eigenvalue weighted by Gasteiger charge is 2.33. The van der Waals surface area contributed by atoms with E-state index >= 15 is 0 Å². The molecule has 0 spiro atoms. The van der Waals surface area contributed by atoms with E-state index in [0.29, 0.717) is 10.9 Å². The van der Waals surface area contributed by atoms with Crippen molar-refractivity contribution in [1.82, 2.24) is 5.32 Å². The molecule has 0 aromatic heterocycles. The van der Waals surface area contributed by atoms with E-state index in [4.69, 9.17) is 21.6 Å². The first-order valence-electron chi connectivity index (χ1n) is 8.41. The zero-order valence-electron chi connectivity index (χ0n) is 13.9. The smallest absolute Gasteiger partial charge is 0.228 e. The Hall–Kier alpha value is -2.46. The van der Waals surface area contributed by atoms with Crippen molar-refractivity contribution in [2.75, 3.05) is 0 Å². The van der Waals surface area contributed by atoms with Crippen molar-refractivity contribution in [2.45, 2.75) is 25.7 Å². The van der Waals surface area contributed by atoms with Crippen LogP contribution < -0.4 is 5.32 Å². The third-order valence-electron chi connectivity index (χ3n) is 4.51. The molecule has 2 aliphatic rings. The number of carbonyl (C=O) groups excluding carboxylic acids is 1. The minimum atomic E-state index is -0.202. The Morgan fingerprint density at radius 2 is 1.68 bits per heavy atom. The first-order chi connectivity index (χ1) is 12.1. The zero-order valence-corrected chi connectivity index (χ0v) is 14.6. The lowest BCUT2D eigenvalue weighted by Crippen LogP contribution is -2.37. The number of hydrogen-bond donors (Lipinski definition) is 1. The zero-order chi connectivity index (χ0) is 17.4. The van der Waals surface area contributed by atoms with Gasteiger partial charge in [-0.3, -0.25) is 9.79 Å². The molecule has 1 unspecified atom stereocenters. The Kier molecular flexibility index (Phi) is 4.14. The fraction of sp³-hybridized carbons (Fsp3) is 0.250. The predicted molar refractivity (Wildman–Crippen MR) is 101 cm³/mol. The Morgan fingerprint density at radius 1 is 1.04 bits per heavy atom. The Labute approximate surface area is 151 Å². The summed E-state index contributed by atoms with van der Waals surface area (Å²) in [5.74, 6) is 0.590. The van der Waals surface area contributed by atoms with E-state index < -0.39 is 0 Å². The van der Waals surface area contributed by atoms with Gasteiger partial charge >= 0.3 is 0 Å². The molecular formula is C20H18ClN3O. The summed E-state index contributed by atoms with van der Waals surface area (Å²) in [6.45, 7) is 1.97. The van der Waals surface area contributed by atoms with Crippen LogP contribution in [-0.2, 0) is 4.79 Å². The Bertz CT molecular complexity index is 882. The number of nitrogens with one attached hydrogen (secondary N) is 1. The number of para-hydroxylation sites is 2. The van der Waals surface area contributed by atoms with E-state index in [1.807, 2.05) is 55.5 Å². The van der Waals surface area contributed by atoms with Crippen molar-refractivity contribution < 1.29 is 4.79 Å². The van der Waals surface area contributed by atoms with E-state index in [9.17, 15) is 4.79 Å². The summed E-state index contributed by atoms with van der Waals surface area (Å²) in [6.07, 6.45) is 1.91. The SMILES string of the molecule is CC1=Nc2ccccc2N=C(NC(=O)C2CC2)C1c1ccc(Cl)cc1. The number of carbonyl (C=O) groups is 1. The minimum Gasteiger partial charge on any atom is -0.313 e. The van der Waals surface area contributed by atoms with E-state index in [2.05, 4.69) is 5.32 Å². The molecule has 4 rings (SSSR count). The minimum absolute atomic E-state index is 0.0462. The highest BCUT2D eigenvalue weighted by Crippen LogP contribution is 2.35. The maximum Gasteiger partial charge on any atom is 0.228 e. The van der Waals surface area contributed by atoms with Crippen molar-refractivity contribution in [3.05, 3.63) is 59.1 Å². The molecule has 0 radical (unpaired) electrons. The summed E-state index contributed by atoms with van der Waals surface area (Å²) >= 11 is 6.03. The number of halogens is 1. The predicted octanol–water partition coefficient (Wildman–Crippen LogP) is 4.79. The second-order valence-electron chi connectivity index (χ2n) is 6.49. The molecule has 1 fully saturated rings. The van der Waals surface area contributed by atoms with E-state index in [1.165, 1.54) is 0 Å². The molecule has 1 N–H and O–H groups in total. The Balaban J connectivity index is 1.80. The van der Waals surface area contributed by atoms with E-state index in [0.717, 1.165) is 35.5 Å². The van der Waals surface area contributed by atoms with Crippen molar-refractivity contribution in [3.8, 4) is 0 Å². The van der Waals surface area contributed by atoms with Gasteiger partial charge in [0.1, 0.15) is 5.84 Å². The molecule has 1 atom stereocenters. The van der Waals surface area contributed by atoms with Crippen LogP contribution in [0, 0.1) is 5.92 Å². The topological polar surface area (TPSA) is 53.8 Å². The van der Waals surface area contributed by atoms with Crippen LogP contribution in [-0.4, -0.2) is 17.5 Å². The molecule has 0 saturated heterocycles. The van der Waals surface area contributed by atoms with Crippen LogP contribution in [0.5, 0.6) is 0 Å². The van der Waals surface area contributed by atoms with Crippen molar-refractivity contribution in [2.24, 2.45) is 15.9 Å². The summed E-state index contributed by atoms with van der Waals surface area (Å²) < 4.78 is 0. The van der Waals surface area contributed by atoms with Gasteiger partial charge in [-0.1, -0.05) is 35.9 Å². The number of amidine groups is 1. The normalized spacial score (nSPS) is 19.4. The molecular weight excluding hydrogens is 334 g/mol. The molecule has 2 aromatic rings. The van der Waals surface area contributed by atoms with Gasteiger partial charge in [0, 0.05) is 16.7 Å². The molecule has 25 heavy (non-hydrogen) atoms. The van der Waals surface area contributed by atoms with Gasteiger partial charge in [-0.05, 0) is 49.6 Å². The maximum absolute atomic E-state index is 12.4. The third kappa shape index (κ3) is 3.35. The van der Waals surface area contributed by atoms with Crippen molar-refractivity contribution in [1.29, 1.82) is 0 Å². The summed E-state index contributed by atoms with van der Waals surface area (Å²) in [7, 11) is 0. The molecule has 1 saturated carbocycles. The van der Waals surface area contributed by atoms with Gasteiger partial charge in [-0.2, -0.15) is 0 Å². The van der Waals surface area contributed by atoms with Gasteiger partial charge in [0.15, 0.2) is 0 Å². The van der Waals surface area contributed by atoms with Gasteiger partial charge in [0.05, 0.1) is 17.3 Å². The van der Waals surface area contributed by atoms with Crippen LogP contribution in [0.15, 0.2) is 58.5 Å². The van der Waals surface area contributed by atoms with E-state index in [1.54, 1.807) is 0 Å². The van der Waals surface area contributed by atoms with Crippen LogP contribution in [0.1, 0.15) is 31.2 Å². The van der Waals surface area contributed by atoms with Gasteiger partial charge < -0.3 is 5.32 Å². The molecule has 1 aliphatic heterocycles. The monoisotopic (exact) mass is 351 g/mol. The maximum atomic E-state index is 12.4. The highest BCUT2D eigenvalue weighted by atomic mass is 35.5. The van der Waals surface area contributed by atoms with Gasteiger partial charge in [-0.15, -0.1) is 0 Å². The average Bonchev–Trinajstić information content (AvgIpc) is 3.43. The molecule has 126 valence electrons. The van der Waals surface area contributed by atoms with Crippen molar-refractivity contribution in [3.63, 3.8) is 0 Å². The molecule has 1 amide bonds.